The number of primary amides is 1. The van der Waals surface area contributed by atoms with Crippen molar-refractivity contribution < 1.29 is 9.53 Å². The van der Waals surface area contributed by atoms with E-state index in [2.05, 4.69) is 15.3 Å². The Bertz CT molecular complexity index is 952. The monoisotopic (exact) mass is 366 g/mol. The normalized spacial score (nSPS) is 19.9. The average molecular weight is 366 g/mol. The van der Waals surface area contributed by atoms with Crippen molar-refractivity contribution in [1.82, 2.24) is 25.0 Å². The first kappa shape index (κ1) is 17.4. The van der Waals surface area contributed by atoms with Crippen LogP contribution in [-0.2, 0) is 11.2 Å². The number of amides is 1. The summed E-state index contributed by atoms with van der Waals surface area (Å²) in [6.45, 7) is 0. The molecule has 0 unspecified atom stereocenters. The molecule has 0 radical (unpaired) electrons. The molecule has 1 aliphatic carbocycles. The summed E-state index contributed by atoms with van der Waals surface area (Å²) in [5.74, 6) is 1.67. The van der Waals surface area contributed by atoms with Crippen molar-refractivity contribution in [3.8, 4) is 11.4 Å². The van der Waals surface area contributed by atoms with Crippen LogP contribution in [0.5, 0.6) is 5.75 Å². The van der Waals surface area contributed by atoms with Gasteiger partial charge in [-0.05, 0) is 49.4 Å². The topological polar surface area (TPSA) is 109 Å². The van der Waals surface area contributed by atoms with Crippen molar-refractivity contribution in [1.29, 1.82) is 0 Å². The molecule has 0 bridgehead atoms. The van der Waals surface area contributed by atoms with Gasteiger partial charge < -0.3 is 10.5 Å². The number of fused-ring (bicyclic) bond motifs is 1. The van der Waals surface area contributed by atoms with Gasteiger partial charge in [-0.25, -0.2) is 9.97 Å². The van der Waals surface area contributed by atoms with E-state index in [-0.39, 0.29) is 11.8 Å². The number of hydrogen-bond acceptors (Lipinski definition) is 6. The molecule has 0 spiro atoms. The van der Waals surface area contributed by atoms with E-state index >= 15 is 0 Å². The summed E-state index contributed by atoms with van der Waals surface area (Å²) in [5, 5.41) is 8.36. The van der Waals surface area contributed by atoms with Crippen LogP contribution in [0, 0.1) is 11.8 Å². The molecule has 1 aromatic carbocycles. The summed E-state index contributed by atoms with van der Waals surface area (Å²) in [6.07, 6.45) is 6.23. The standard InChI is InChI=1S/C19H22N6O2/c1-27-15-7-5-14(6-8-15)25-19-16(23-24-25)11-21-17(22-19)10-12-3-2-4-13(9-12)18(20)26/h5-8,11-13H,2-4,9-10H2,1H3,(H2,20,26)/t12-,13-/m1/s1. The smallest absolute Gasteiger partial charge is 0.220 e. The first-order chi connectivity index (χ1) is 13.1. The number of hydrogen-bond donors (Lipinski definition) is 1. The molecule has 2 atom stereocenters. The van der Waals surface area contributed by atoms with E-state index in [4.69, 9.17) is 15.5 Å². The second-order valence-electron chi connectivity index (χ2n) is 7.03. The van der Waals surface area contributed by atoms with Gasteiger partial charge >= 0.3 is 0 Å². The molecule has 0 saturated heterocycles. The van der Waals surface area contributed by atoms with Gasteiger partial charge in [-0.1, -0.05) is 11.6 Å². The Morgan fingerprint density at radius 1 is 1.30 bits per heavy atom. The first-order valence-corrected chi connectivity index (χ1v) is 9.15. The Kier molecular flexibility index (Phi) is 4.70. The van der Waals surface area contributed by atoms with Gasteiger partial charge in [0.1, 0.15) is 11.6 Å². The van der Waals surface area contributed by atoms with Gasteiger partial charge in [0.15, 0.2) is 11.2 Å². The molecule has 1 saturated carbocycles. The van der Waals surface area contributed by atoms with Crippen LogP contribution >= 0.6 is 0 Å². The van der Waals surface area contributed by atoms with Crippen LogP contribution < -0.4 is 10.5 Å². The Morgan fingerprint density at radius 2 is 2.11 bits per heavy atom. The molecule has 2 aromatic heterocycles. The van der Waals surface area contributed by atoms with E-state index in [1.165, 1.54) is 0 Å². The van der Waals surface area contributed by atoms with E-state index < -0.39 is 0 Å². The molecule has 1 amide bonds. The molecule has 1 fully saturated rings. The molecule has 4 rings (SSSR count). The molecule has 3 aromatic rings. The number of nitrogens with two attached hydrogens (primary N) is 1. The number of carbonyl (C=O) groups excluding carboxylic acids is 1. The molecule has 8 nitrogen and oxygen atoms in total. The number of carbonyl (C=O) groups is 1. The fourth-order valence-corrected chi connectivity index (χ4v) is 3.75. The summed E-state index contributed by atoms with van der Waals surface area (Å²) in [5.41, 5.74) is 7.67. The molecule has 140 valence electrons. The number of methoxy groups -OCH3 is 1. The maximum absolute atomic E-state index is 11.5. The quantitative estimate of drug-likeness (QED) is 0.740. The van der Waals surface area contributed by atoms with Crippen molar-refractivity contribution in [3.63, 3.8) is 0 Å². The number of ether oxygens (including phenoxy) is 1. The van der Waals surface area contributed by atoms with Crippen LogP contribution in [-0.4, -0.2) is 38.0 Å². The SMILES string of the molecule is COc1ccc(-n2nnc3cnc(C[C@@H]4CCC[C@@H](C(N)=O)C4)nc32)cc1. The highest BCUT2D eigenvalue weighted by Crippen LogP contribution is 2.30. The predicted molar refractivity (Wildman–Crippen MR) is 99.4 cm³/mol. The summed E-state index contributed by atoms with van der Waals surface area (Å²) < 4.78 is 6.90. The van der Waals surface area contributed by atoms with Crippen molar-refractivity contribution in [3.05, 3.63) is 36.3 Å². The van der Waals surface area contributed by atoms with Crippen molar-refractivity contribution in [2.75, 3.05) is 7.11 Å². The summed E-state index contributed by atoms with van der Waals surface area (Å²) in [4.78, 5) is 20.6. The Balaban J connectivity index is 1.59. The zero-order chi connectivity index (χ0) is 18.8. The molecule has 0 aliphatic heterocycles. The van der Waals surface area contributed by atoms with Crippen molar-refractivity contribution in [2.24, 2.45) is 17.6 Å². The van der Waals surface area contributed by atoms with Crippen LogP contribution in [0.25, 0.3) is 16.9 Å². The van der Waals surface area contributed by atoms with E-state index in [9.17, 15) is 4.79 Å². The van der Waals surface area contributed by atoms with Gasteiger partial charge in [-0.3, -0.25) is 4.79 Å². The molecule has 2 heterocycles. The number of aromatic nitrogens is 5. The lowest BCUT2D eigenvalue weighted by molar-refractivity contribution is -0.123. The minimum atomic E-state index is -0.196. The number of benzene rings is 1. The Morgan fingerprint density at radius 3 is 2.85 bits per heavy atom. The average Bonchev–Trinajstić information content (AvgIpc) is 3.11. The lowest BCUT2D eigenvalue weighted by atomic mass is 9.79. The minimum absolute atomic E-state index is 0.0287. The lowest BCUT2D eigenvalue weighted by Crippen LogP contribution is -2.29. The fourth-order valence-electron chi connectivity index (χ4n) is 3.75. The fraction of sp³-hybridized carbons (Fsp3) is 0.421. The Hall–Kier alpha value is -3.03. The second kappa shape index (κ2) is 7.30. The Labute approximate surface area is 156 Å². The third-order valence-corrected chi connectivity index (χ3v) is 5.22. The maximum atomic E-state index is 11.5. The van der Waals surface area contributed by atoms with Crippen LogP contribution in [0.3, 0.4) is 0 Å². The number of nitrogens with zero attached hydrogens (tertiary/aromatic N) is 5. The summed E-state index contributed by atoms with van der Waals surface area (Å²) in [6, 6.07) is 7.56. The molecule has 2 N–H and O–H groups in total. The van der Waals surface area contributed by atoms with Gasteiger partial charge in [-0.2, -0.15) is 4.68 Å². The zero-order valence-electron chi connectivity index (χ0n) is 15.2. The predicted octanol–water partition coefficient (Wildman–Crippen LogP) is 2.05. The highest BCUT2D eigenvalue weighted by atomic mass is 16.5. The molecule has 27 heavy (non-hydrogen) atoms. The third kappa shape index (κ3) is 3.60. The van der Waals surface area contributed by atoms with Crippen molar-refractivity contribution in [2.45, 2.75) is 32.1 Å². The van der Waals surface area contributed by atoms with Crippen LogP contribution in [0.1, 0.15) is 31.5 Å². The van der Waals surface area contributed by atoms with E-state index in [0.29, 0.717) is 17.1 Å². The van der Waals surface area contributed by atoms with Gasteiger partial charge in [0, 0.05) is 12.3 Å². The van der Waals surface area contributed by atoms with E-state index in [1.54, 1.807) is 18.0 Å². The molecule has 1 aliphatic rings. The van der Waals surface area contributed by atoms with Crippen LogP contribution in [0.2, 0.25) is 0 Å². The maximum Gasteiger partial charge on any atom is 0.220 e. The van der Waals surface area contributed by atoms with Crippen LogP contribution in [0.15, 0.2) is 30.5 Å². The second-order valence-corrected chi connectivity index (χ2v) is 7.03. The molecule has 8 heteroatoms. The summed E-state index contributed by atoms with van der Waals surface area (Å²) >= 11 is 0. The summed E-state index contributed by atoms with van der Waals surface area (Å²) in [7, 11) is 1.63. The highest BCUT2D eigenvalue weighted by molar-refractivity contribution is 5.76. The van der Waals surface area contributed by atoms with Crippen LogP contribution in [0.4, 0.5) is 0 Å². The van der Waals surface area contributed by atoms with Gasteiger partial charge in [-0.15, -0.1) is 5.10 Å². The van der Waals surface area contributed by atoms with Gasteiger partial charge in [0.05, 0.1) is 19.0 Å². The highest BCUT2D eigenvalue weighted by Gasteiger charge is 2.26. The van der Waals surface area contributed by atoms with E-state index in [0.717, 1.165) is 49.4 Å². The molecular weight excluding hydrogens is 344 g/mol. The lowest BCUT2D eigenvalue weighted by Gasteiger charge is -2.26. The largest absolute Gasteiger partial charge is 0.497 e. The first-order valence-electron chi connectivity index (χ1n) is 9.15. The zero-order valence-corrected chi connectivity index (χ0v) is 15.2. The van der Waals surface area contributed by atoms with Crippen molar-refractivity contribution >= 4 is 17.1 Å². The third-order valence-electron chi connectivity index (χ3n) is 5.22. The minimum Gasteiger partial charge on any atom is -0.497 e. The van der Waals surface area contributed by atoms with E-state index in [1.807, 2.05) is 24.3 Å². The van der Waals surface area contributed by atoms with Gasteiger partial charge in [0.25, 0.3) is 0 Å². The van der Waals surface area contributed by atoms with Gasteiger partial charge in [0.2, 0.25) is 5.91 Å². The number of rotatable bonds is 5. The molecular formula is C19H22N6O2.